The summed E-state index contributed by atoms with van der Waals surface area (Å²) in [6.07, 6.45) is 6.23. The zero-order valence-corrected chi connectivity index (χ0v) is 15.9. The summed E-state index contributed by atoms with van der Waals surface area (Å²) in [7, 11) is 0. The van der Waals surface area contributed by atoms with E-state index in [9.17, 15) is 19.2 Å². The molecule has 0 saturated carbocycles. The highest BCUT2D eigenvalue weighted by Gasteiger charge is 2.23. The highest BCUT2D eigenvalue weighted by atomic mass is 16.2. The van der Waals surface area contributed by atoms with Crippen molar-refractivity contribution in [3.05, 3.63) is 0 Å². The van der Waals surface area contributed by atoms with Gasteiger partial charge in [-0.2, -0.15) is 0 Å². The van der Waals surface area contributed by atoms with E-state index in [2.05, 4.69) is 16.0 Å². The minimum atomic E-state index is -0.336. The molecule has 0 spiro atoms. The summed E-state index contributed by atoms with van der Waals surface area (Å²) in [6.45, 7) is 2.85. The second kappa shape index (κ2) is 11.5. The van der Waals surface area contributed by atoms with Crippen LogP contribution in [-0.4, -0.2) is 72.9 Å². The van der Waals surface area contributed by atoms with Crippen LogP contribution in [0.15, 0.2) is 0 Å². The molecule has 0 aromatic rings. The minimum Gasteiger partial charge on any atom is -0.336 e. The van der Waals surface area contributed by atoms with E-state index in [1.807, 2.05) is 0 Å². The number of rotatable bonds is 6. The number of carbonyl (C=O) groups is 4. The van der Waals surface area contributed by atoms with Crippen LogP contribution in [0.25, 0.3) is 0 Å². The van der Waals surface area contributed by atoms with Crippen molar-refractivity contribution >= 4 is 23.9 Å². The summed E-state index contributed by atoms with van der Waals surface area (Å²) in [5, 5.41) is 8.59. The highest BCUT2D eigenvalue weighted by Crippen LogP contribution is 2.11. The summed E-state index contributed by atoms with van der Waals surface area (Å²) in [5.41, 5.74) is 0. The molecular formula is C18H31N5O4. The van der Waals surface area contributed by atoms with Crippen molar-refractivity contribution in [3.8, 4) is 0 Å². The van der Waals surface area contributed by atoms with Gasteiger partial charge in [-0.3, -0.25) is 19.4 Å². The summed E-state index contributed by atoms with van der Waals surface area (Å²) in [6, 6.07) is -0.673. The van der Waals surface area contributed by atoms with Crippen molar-refractivity contribution in [2.75, 3.05) is 39.3 Å². The number of likely N-dealkylation sites (tertiary alicyclic amines) is 2. The summed E-state index contributed by atoms with van der Waals surface area (Å²) in [5.74, 6) is -0.215. The van der Waals surface area contributed by atoms with Crippen LogP contribution in [0.1, 0.15) is 51.4 Å². The van der Waals surface area contributed by atoms with Crippen LogP contribution in [0.2, 0.25) is 0 Å². The summed E-state index contributed by atoms with van der Waals surface area (Å²) < 4.78 is 0. The van der Waals surface area contributed by atoms with Gasteiger partial charge < -0.3 is 16.0 Å². The largest absolute Gasteiger partial charge is 0.336 e. The zero-order valence-electron chi connectivity index (χ0n) is 15.9. The Morgan fingerprint density at radius 1 is 0.667 bits per heavy atom. The highest BCUT2D eigenvalue weighted by molar-refractivity contribution is 5.95. The predicted octanol–water partition coefficient (Wildman–Crippen LogP) is 0.800. The van der Waals surface area contributed by atoms with Gasteiger partial charge in [-0.15, -0.1) is 0 Å². The normalized spacial score (nSPS) is 18.7. The van der Waals surface area contributed by atoms with Gasteiger partial charge in [0.15, 0.2) is 0 Å². The molecule has 0 aliphatic carbocycles. The lowest BCUT2D eigenvalue weighted by atomic mass is 10.2. The smallest absolute Gasteiger partial charge is 0.324 e. The van der Waals surface area contributed by atoms with Gasteiger partial charge in [-0.1, -0.05) is 12.8 Å². The van der Waals surface area contributed by atoms with Crippen LogP contribution in [0.3, 0.4) is 0 Å². The molecule has 6 amide bonds. The number of nitrogens with one attached hydrogen (secondary N) is 3. The molecular weight excluding hydrogens is 350 g/mol. The van der Waals surface area contributed by atoms with Crippen LogP contribution in [0.4, 0.5) is 9.59 Å². The lowest BCUT2D eigenvalue weighted by Crippen LogP contribution is -2.47. The molecule has 9 nitrogen and oxygen atoms in total. The summed E-state index contributed by atoms with van der Waals surface area (Å²) in [4.78, 5) is 50.4. The van der Waals surface area contributed by atoms with Gasteiger partial charge in [-0.05, 0) is 25.7 Å². The van der Waals surface area contributed by atoms with E-state index in [4.69, 9.17) is 0 Å². The van der Waals surface area contributed by atoms with Crippen LogP contribution in [0.5, 0.6) is 0 Å². The molecule has 2 aliphatic heterocycles. The molecule has 152 valence electrons. The van der Waals surface area contributed by atoms with E-state index in [1.54, 1.807) is 0 Å². The maximum Gasteiger partial charge on any atom is 0.324 e. The molecule has 2 heterocycles. The van der Waals surface area contributed by atoms with Crippen LogP contribution in [0, 0.1) is 0 Å². The Labute approximate surface area is 160 Å². The molecule has 0 aromatic carbocycles. The Kier molecular flexibility index (Phi) is 9.03. The van der Waals surface area contributed by atoms with Gasteiger partial charge >= 0.3 is 12.1 Å². The zero-order chi connectivity index (χ0) is 19.5. The predicted molar refractivity (Wildman–Crippen MR) is 100 cm³/mol. The minimum absolute atomic E-state index is 0.108. The molecule has 3 N–H and O–H groups in total. The number of amides is 6. The van der Waals surface area contributed by atoms with Crippen LogP contribution < -0.4 is 16.0 Å². The van der Waals surface area contributed by atoms with Crippen LogP contribution in [-0.2, 0) is 9.59 Å². The van der Waals surface area contributed by atoms with Crippen molar-refractivity contribution in [1.82, 2.24) is 25.8 Å². The fraction of sp³-hybridized carbons (Fsp3) is 0.778. The maximum absolute atomic E-state index is 12.0. The van der Waals surface area contributed by atoms with Crippen LogP contribution >= 0.6 is 0 Å². The first-order chi connectivity index (χ1) is 13.1. The second-order valence-corrected chi connectivity index (χ2v) is 6.93. The van der Waals surface area contributed by atoms with E-state index in [0.717, 1.165) is 38.5 Å². The first-order valence-corrected chi connectivity index (χ1v) is 9.96. The van der Waals surface area contributed by atoms with Gasteiger partial charge in [0.1, 0.15) is 0 Å². The lowest BCUT2D eigenvalue weighted by Gasteiger charge is -2.19. The average Bonchev–Trinajstić information content (AvgIpc) is 3.00. The third-order valence-electron chi connectivity index (χ3n) is 4.79. The quantitative estimate of drug-likeness (QED) is 0.590. The lowest BCUT2D eigenvalue weighted by molar-refractivity contribution is -0.128. The molecule has 2 rings (SSSR count). The number of hydrogen-bond donors (Lipinski definition) is 3. The van der Waals surface area contributed by atoms with E-state index in [-0.39, 0.29) is 23.9 Å². The number of hydrogen-bond acceptors (Lipinski definition) is 5. The van der Waals surface area contributed by atoms with Crippen molar-refractivity contribution in [2.24, 2.45) is 0 Å². The van der Waals surface area contributed by atoms with Gasteiger partial charge in [0, 0.05) is 52.1 Å². The van der Waals surface area contributed by atoms with Crippen molar-refractivity contribution in [3.63, 3.8) is 0 Å². The Hall–Kier alpha value is -2.16. The van der Waals surface area contributed by atoms with E-state index in [0.29, 0.717) is 52.1 Å². The fourth-order valence-corrected chi connectivity index (χ4v) is 3.23. The Morgan fingerprint density at radius 2 is 1.11 bits per heavy atom. The summed E-state index contributed by atoms with van der Waals surface area (Å²) >= 11 is 0. The van der Waals surface area contributed by atoms with E-state index < -0.39 is 0 Å². The molecule has 2 saturated heterocycles. The number of carbonyl (C=O) groups excluding carboxylic acids is 4. The molecule has 0 aromatic heterocycles. The molecule has 2 fully saturated rings. The number of urea groups is 2. The molecule has 0 atom stereocenters. The second-order valence-electron chi connectivity index (χ2n) is 6.93. The third kappa shape index (κ3) is 7.16. The monoisotopic (exact) mass is 381 g/mol. The molecule has 0 radical (unpaired) electrons. The van der Waals surface area contributed by atoms with Crippen molar-refractivity contribution in [1.29, 1.82) is 0 Å². The molecule has 27 heavy (non-hydrogen) atoms. The van der Waals surface area contributed by atoms with E-state index in [1.165, 1.54) is 9.80 Å². The van der Waals surface area contributed by atoms with E-state index >= 15 is 0 Å². The Morgan fingerprint density at radius 3 is 1.56 bits per heavy atom. The molecule has 9 heteroatoms. The molecule has 0 unspecified atom stereocenters. The SMILES string of the molecule is O=C1CCCCCN1C(=O)NCCNCCNC(=O)N1CCCCCC1=O. The Bertz CT molecular complexity index is 494. The van der Waals surface area contributed by atoms with Gasteiger partial charge in [0.2, 0.25) is 11.8 Å². The van der Waals surface area contributed by atoms with Gasteiger partial charge in [0.05, 0.1) is 0 Å². The first-order valence-electron chi connectivity index (χ1n) is 9.96. The average molecular weight is 381 g/mol. The maximum atomic E-state index is 12.0. The topological polar surface area (TPSA) is 111 Å². The number of nitrogens with zero attached hydrogens (tertiary/aromatic N) is 2. The Balaban J connectivity index is 1.54. The fourth-order valence-electron chi connectivity index (χ4n) is 3.23. The number of imide groups is 2. The standard InChI is InChI=1S/C18H31N5O4/c24-15-7-3-1-5-13-22(15)17(26)20-11-9-19-10-12-21-18(27)23-14-6-2-4-8-16(23)25/h19H,1-14H2,(H,20,26)(H,21,27). The molecule has 0 bridgehead atoms. The van der Waals surface area contributed by atoms with Gasteiger partial charge in [-0.25, -0.2) is 9.59 Å². The van der Waals surface area contributed by atoms with Crippen molar-refractivity contribution < 1.29 is 19.2 Å². The molecule has 2 aliphatic rings. The third-order valence-corrected chi connectivity index (χ3v) is 4.79. The van der Waals surface area contributed by atoms with Crippen molar-refractivity contribution in [2.45, 2.75) is 51.4 Å². The van der Waals surface area contributed by atoms with Gasteiger partial charge in [0.25, 0.3) is 0 Å². The first kappa shape index (κ1) is 21.1.